The molecule has 0 amide bonds. The van der Waals surface area contributed by atoms with Crippen LogP contribution in [0.15, 0.2) is 53.4 Å². The topological polar surface area (TPSA) is 46.2 Å². The van der Waals surface area contributed by atoms with E-state index >= 15 is 0 Å². The molecule has 2 aromatic carbocycles. The molecule has 1 N–H and O–H groups in total. The van der Waals surface area contributed by atoms with E-state index in [1.807, 2.05) is 0 Å². The van der Waals surface area contributed by atoms with Crippen LogP contribution in [-0.4, -0.2) is 15.0 Å². The van der Waals surface area contributed by atoms with Crippen molar-refractivity contribution in [1.82, 2.24) is 4.72 Å². The summed E-state index contributed by atoms with van der Waals surface area (Å²) in [7, 11) is -3.66. The fourth-order valence-corrected chi connectivity index (χ4v) is 3.32. The first-order valence-electron chi connectivity index (χ1n) is 6.60. The van der Waals surface area contributed by atoms with Gasteiger partial charge in [-0.3, -0.25) is 0 Å². The van der Waals surface area contributed by atoms with Gasteiger partial charge < -0.3 is 0 Å². The first-order valence-corrected chi connectivity index (χ1v) is 9.16. The van der Waals surface area contributed by atoms with Crippen LogP contribution in [0.4, 0.5) is 13.2 Å². The van der Waals surface area contributed by atoms with E-state index in [2.05, 4.69) is 27.3 Å². The predicted molar refractivity (Wildman–Crippen MR) is 89.5 cm³/mol. The second-order valence-corrected chi connectivity index (χ2v) is 7.81. The molecule has 0 spiro atoms. The molecule has 0 atom stereocenters. The third kappa shape index (κ3) is 5.18. The van der Waals surface area contributed by atoms with Gasteiger partial charge in [0.2, 0.25) is 10.0 Å². The fraction of sp³-hybridized carbons (Fsp3) is 0.200. The summed E-state index contributed by atoms with van der Waals surface area (Å²) in [6, 6.07) is 11.2. The van der Waals surface area contributed by atoms with Crippen molar-refractivity contribution in [2.45, 2.75) is 17.5 Å². The van der Waals surface area contributed by atoms with Gasteiger partial charge in [-0.15, -0.1) is 0 Å². The van der Waals surface area contributed by atoms with E-state index in [4.69, 9.17) is 0 Å². The van der Waals surface area contributed by atoms with Gasteiger partial charge in [0.05, 0.1) is 10.5 Å². The minimum atomic E-state index is -4.41. The van der Waals surface area contributed by atoms with E-state index < -0.39 is 21.8 Å². The monoisotopic (exact) mass is 455 g/mol. The molecule has 0 fully saturated rings. The maximum atomic E-state index is 12.6. The number of hydrogen-bond donors (Lipinski definition) is 1. The van der Waals surface area contributed by atoms with Gasteiger partial charge in [-0.1, -0.05) is 18.2 Å². The molecule has 0 saturated carbocycles. The number of halogens is 4. The molecule has 3 nitrogen and oxygen atoms in total. The highest BCUT2D eigenvalue weighted by atomic mass is 127. The van der Waals surface area contributed by atoms with Gasteiger partial charge in [-0.05, 0) is 64.9 Å². The molecule has 0 radical (unpaired) electrons. The maximum Gasteiger partial charge on any atom is 0.416 e. The van der Waals surface area contributed by atoms with Crippen LogP contribution in [0.3, 0.4) is 0 Å². The van der Waals surface area contributed by atoms with Crippen LogP contribution in [-0.2, 0) is 22.6 Å². The number of rotatable bonds is 5. The third-order valence-electron chi connectivity index (χ3n) is 3.08. The van der Waals surface area contributed by atoms with Crippen LogP contribution in [0.1, 0.15) is 11.1 Å². The van der Waals surface area contributed by atoms with E-state index in [0.717, 1.165) is 15.7 Å². The van der Waals surface area contributed by atoms with Crippen LogP contribution in [0.5, 0.6) is 0 Å². The van der Waals surface area contributed by atoms with Crippen LogP contribution in [0.2, 0.25) is 0 Å². The Morgan fingerprint density at radius 2 is 1.70 bits per heavy atom. The van der Waals surface area contributed by atoms with Crippen molar-refractivity contribution in [3.63, 3.8) is 0 Å². The number of benzene rings is 2. The lowest BCUT2D eigenvalue weighted by Gasteiger charge is -2.10. The minimum absolute atomic E-state index is 0.0234. The predicted octanol–water partition coefficient (Wildman–Crippen LogP) is 3.83. The lowest BCUT2D eigenvalue weighted by atomic mass is 10.1. The minimum Gasteiger partial charge on any atom is -0.211 e. The standard InChI is InChI=1S/C15H13F3INO2S/c16-15(17,18)12-3-1-2-11(10-12)8-9-20-23(21,22)14-6-4-13(19)5-7-14/h1-7,10,20H,8-9H2. The van der Waals surface area contributed by atoms with Gasteiger partial charge in [-0.2, -0.15) is 13.2 Å². The molecule has 23 heavy (non-hydrogen) atoms. The highest BCUT2D eigenvalue weighted by molar-refractivity contribution is 14.1. The van der Waals surface area contributed by atoms with Gasteiger partial charge in [0.1, 0.15) is 0 Å². The van der Waals surface area contributed by atoms with Crippen molar-refractivity contribution in [2.24, 2.45) is 0 Å². The molecule has 8 heteroatoms. The van der Waals surface area contributed by atoms with E-state index in [1.54, 1.807) is 12.1 Å². The molecule has 0 aliphatic heterocycles. The fourth-order valence-electron chi connectivity index (χ4n) is 1.93. The van der Waals surface area contributed by atoms with Gasteiger partial charge in [0.25, 0.3) is 0 Å². The van der Waals surface area contributed by atoms with Crippen molar-refractivity contribution in [3.05, 3.63) is 63.2 Å². The summed E-state index contributed by atoms with van der Waals surface area (Å²) in [5, 5.41) is 0. The summed E-state index contributed by atoms with van der Waals surface area (Å²) in [6.07, 6.45) is -4.23. The van der Waals surface area contributed by atoms with Crippen molar-refractivity contribution < 1.29 is 21.6 Å². The molecular formula is C15H13F3INO2S. The molecule has 2 aromatic rings. The zero-order valence-electron chi connectivity index (χ0n) is 11.8. The largest absolute Gasteiger partial charge is 0.416 e. The smallest absolute Gasteiger partial charge is 0.211 e. The van der Waals surface area contributed by atoms with Gasteiger partial charge >= 0.3 is 6.18 Å². The van der Waals surface area contributed by atoms with Gasteiger partial charge in [0, 0.05) is 10.1 Å². The quantitative estimate of drug-likeness (QED) is 0.697. The lowest BCUT2D eigenvalue weighted by molar-refractivity contribution is -0.137. The molecule has 0 bridgehead atoms. The SMILES string of the molecule is O=S(=O)(NCCc1cccc(C(F)(F)F)c1)c1ccc(I)cc1. The van der Waals surface area contributed by atoms with Crippen molar-refractivity contribution >= 4 is 32.6 Å². The van der Waals surface area contributed by atoms with Crippen LogP contribution < -0.4 is 4.72 Å². The number of hydrogen-bond acceptors (Lipinski definition) is 2. The number of nitrogens with one attached hydrogen (secondary N) is 1. The average molecular weight is 455 g/mol. The number of sulfonamides is 1. The summed E-state index contributed by atoms with van der Waals surface area (Å²) < 4.78 is 65.3. The Kier molecular flexibility index (Phi) is 5.69. The Hall–Kier alpha value is -1.13. The Labute approximate surface area is 146 Å². The van der Waals surface area contributed by atoms with Crippen molar-refractivity contribution in [1.29, 1.82) is 0 Å². The normalized spacial score (nSPS) is 12.3. The average Bonchev–Trinajstić information content (AvgIpc) is 2.47. The zero-order chi connectivity index (χ0) is 17.1. The molecule has 0 aromatic heterocycles. The molecule has 0 aliphatic rings. The van der Waals surface area contributed by atoms with Crippen LogP contribution in [0.25, 0.3) is 0 Å². The summed E-state index contributed by atoms with van der Waals surface area (Å²) in [4.78, 5) is 0.127. The molecule has 0 heterocycles. The van der Waals surface area contributed by atoms with Crippen molar-refractivity contribution in [3.8, 4) is 0 Å². The molecule has 124 valence electrons. The molecule has 0 aliphatic carbocycles. The molecular weight excluding hydrogens is 442 g/mol. The second kappa shape index (κ2) is 7.18. The molecule has 2 rings (SSSR count). The van der Waals surface area contributed by atoms with E-state index in [0.29, 0.717) is 5.56 Å². The summed E-state index contributed by atoms with van der Waals surface area (Å²) in [6.45, 7) is 0.0234. The second-order valence-electron chi connectivity index (χ2n) is 4.80. The molecule has 0 unspecified atom stereocenters. The number of alkyl halides is 3. The Balaban J connectivity index is 2.01. The van der Waals surface area contributed by atoms with E-state index in [-0.39, 0.29) is 17.9 Å². The summed E-state index contributed by atoms with van der Waals surface area (Å²) in [5.74, 6) is 0. The highest BCUT2D eigenvalue weighted by Gasteiger charge is 2.30. The van der Waals surface area contributed by atoms with Crippen LogP contribution in [0, 0.1) is 3.57 Å². The Bertz CT molecular complexity index is 774. The summed E-state index contributed by atoms with van der Waals surface area (Å²) >= 11 is 2.06. The third-order valence-corrected chi connectivity index (χ3v) is 5.28. The van der Waals surface area contributed by atoms with E-state index in [9.17, 15) is 21.6 Å². The van der Waals surface area contributed by atoms with Gasteiger partial charge in [-0.25, -0.2) is 13.1 Å². The Morgan fingerprint density at radius 1 is 1.04 bits per heavy atom. The van der Waals surface area contributed by atoms with Gasteiger partial charge in [0.15, 0.2) is 0 Å². The summed E-state index contributed by atoms with van der Waals surface area (Å²) in [5.41, 5.74) is -0.319. The maximum absolute atomic E-state index is 12.6. The first kappa shape index (κ1) is 18.2. The lowest BCUT2D eigenvalue weighted by Crippen LogP contribution is -2.26. The highest BCUT2D eigenvalue weighted by Crippen LogP contribution is 2.29. The van der Waals surface area contributed by atoms with E-state index in [1.165, 1.54) is 24.3 Å². The molecule has 0 saturated heterocycles. The Morgan fingerprint density at radius 3 is 2.30 bits per heavy atom. The van der Waals surface area contributed by atoms with Crippen LogP contribution >= 0.6 is 22.6 Å². The van der Waals surface area contributed by atoms with Crippen molar-refractivity contribution in [2.75, 3.05) is 6.54 Å². The first-order chi connectivity index (χ1) is 10.7. The zero-order valence-corrected chi connectivity index (χ0v) is 14.7.